The fourth-order valence-corrected chi connectivity index (χ4v) is 2.64. The van der Waals surface area contributed by atoms with Crippen molar-refractivity contribution in [1.29, 1.82) is 0 Å². The van der Waals surface area contributed by atoms with Crippen LogP contribution in [0, 0.1) is 0 Å². The molecule has 4 nitrogen and oxygen atoms in total. The summed E-state index contributed by atoms with van der Waals surface area (Å²) in [6.45, 7) is 9.43. The summed E-state index contributed by atoms with van der Waals surface area (Å²) in [7, 11) is 1.65. The van der Waals surface area contributed by atoms with Crippen LogP contribution in [0.25, 0.3) is 0 Å². The third-order valence-electron chi connectivity index (χ3n) is 4.07. The maximum atomic E-state index is 10.3. The number of aliphatic hydroxyl groups excluding tert-OH is 1. The van der Waals surface area contributed by atoms with Gasteiger partial charge in [0.2, 0.25) is 0 Å². The van der Waals surface area contributed by atoms with Gasteiger partial charge in [-0.15, -0.1) is 0 Å². The Morgan fingerprint density at radius 2 is 1.70 bits per heavy atom. The normalized spacial score (nSPS) is 19.2. The molecule has 1 fully saturated rings. The van der Waals surface area contributed by atoms with E-state index in [1.54, 1.807) is 7.11 Å². The van der Waals surface area contributed by atoms with Gasteiger partial charge < -0.3 is 9.84 Å². The standard InChI is InChI=1S/C16H26N2O2/c1-13(2)18-10-8-17(9-11-18)12-16(19)14-4-6-15(20-3)7-5-14/h4-7,13,16,19H,8-12H2,1-3H3. The van der Waals surface area contributed by atoms with Crippen LogP contribution in [0.5, 0.6) is 5.75 Å². The van der Waals surface area contributed by atoms with Crippen LogP contribution in [0.15, 0.2) is 24.3 Å². The van der Waals surface area contributed by atoms with E-state index < -0.39 is 6.10 Å². The summed E-state index contributed by atoms with van der Waals surface area (Å²) in [6.07, 6.45) is -0.425. The molecule has 2 rings (SSSR count). The number of methoxy groups -OCH3 is 1. The molecule has 0 spiro atoms. The fourth-order valence-electron chi connectivity index (χ4n) is 2.64. The molecule has 1 atom stereocenters. The van der Waals surface area contributed by atoms with Gasteiger partial charge in [0, 0.05) is 38.8 Å². The lowest BCUT2D eigenvalue weighted by atomic mass is 10.1. The highest BCUT2D eigenvalue weighted by atomic mass is 16.5. The minimum absolute atomic E-state index is 0.425. The quantitative estimate of drug-likeness (QED) is 0.890. The van der Waals surface area contributed by atoms with Crippen molar-refractivity contribution in [2.75, 3.05) is 39.8 Å². The van der Waals surface area contributed by atoms with Crippen molar-refractivity contribution in [3.05, 3.63) is 29.8 Å². The van der Waals surface area contributed by atoms with Crippen molar-refractivity contribution in [3.8, 4) is 5.75 Å². The van der Waals surface area contributed by atoms with Crippen LogP contribution in [0.2, 0.25) is 0 Å². The monoisotopic (exact) mass is 278 g/mol. The van der Waals surface area contributed by atoms with E-state index in [2.05, 4.69) is 23.6 Å². The van der Waals surface area contributed by atoms with Crippen LogP contribution in [-0.4, -0.2) is 60.8 Å². The molecule has 1 heterocycles. The zero-order valence-corrected chi connectivity index (χ0v) is 12.7. The number of ether oxygens (including phenoxy) is 1. The topological polar surface area (TPSA) is 35.9 Å². The third kappa shape index (κ3) is 3.95. The molecule has 0 bridgehead atoms. The second-order valence-corrected chi connectivity index (χ2v) is 5.72. The molecule has 1 saturated heterocycles. The van der Waals surface area contributed by atoms with Crippen LogP contribution in [0.1, 0.15) is 25.5 Å². The van der Waals surface area contributed by atoms with E-state index in [-0.39, 0.29) is 0 Å². The minimum Gasteiger partial charge on any atom is -0.497 e. The third-order valence-corrected chi connectivity index (χ3v) is 4.07. The first-order valence-corrected chi connectivity index (χ1v) is 7.38. The molecule has 0 radical (unpaired) electrons. The highest BCUT2D eigenvalue weighted by Crippen LogP contribution is 2.19. The average molecular weight is 278 g/mol. The largest absolute Gasteiger partial charge is 0.497 e. The maximum absolute atomic E-state index is 10.3. The van der Waals surface area contributed by atoms with E-state index in [1.165, 1.54) is 0 Å². The summed E-state index contributed by atoms with van der Waals surface area (Å²) in [5.41, 5.74) is 0.956. The number of nitrogens with zero attached hydrogens (tertiary/aromatic N) is 2. The molecule has 0 amide bonds. The number of piperazine rings is 1. The van der Waals surface area contributed by atoms with Gasteiger partial charge in [0.05, 0.1) is 13.2 Å². The molecule has 1 aromatic carbocycles. The number of rotatable bonds is 5. The maximum Gasteiger partial charge on any atom is 0.118 e. The molecule has 112 valence electrons. The number of β-amino-alcohol motifs (C(OH)–C–C–N with tert-alkyl or cyclic N) is 1. The van der Waals surface area contributed by atoms with E-state index in [0.29, 0.717) is 12.6 Å². The van der Waals surface area contributed by atoms with Gasteiger partial charge in [0.15, 0.2) is 0 Å². The summed E-state index contributed by atoms with van der Waals surface area (Å²) in [4.78, 5) is 4.82. The predicted molar refractivity (Wildman–Crippen MR) is 81.1 cm³/mol. The van der Waals surface area contributed by atoms with Gasteiger partial charge in [0.1, 0.15) is 5.75 Å². The van der Waals surface area contributed by atoms with Crippen molar-refractivity contribution in [2.24, 2.45) is 0 Å². The van der Waals surface area contributed by atoms with Gasteiger partial charge in [-0.05, 0) is 31.5 Å². The van der Waals surface area contributed by atoms with Crippen LogP contribution in [0.3, 0.4) is 0 Å². The summed E-state index contributed by atoms with van der Waals surface area (Å²) in [5, 5.41) is 10.3. The Labute approximate surface area is 122 Å². The molecule has 20 heavy (non-hydrogen) atoms. The van der Waals surface area contributed by atoms with Crippen molar-refractivity contribution in [2.45, 2.75) is 26.0 Å². The molecular weight excluding hydrogens is 252 g/mol. The Balaban J connectivity index is 1.84. The van der Waals surface area contributed by atoms with Crippen LogP contribution >= 0.6 is 0 Å². The minimum atomic E-state index is -0.425. The first kappa shape index (κ1) is 15.3. The van der Waals surface area contributed by atoms with Crippen molar-refractivity contribution in [3.63, 3.8) is 0 Å². The second-order valence-electron chi connectivity index (χ2n) is 5.72. The highest BCUT2D eigenvalue weighted by molar-refractivity contribution is 5.28. The molecule has 4 heteroatoms. The summed E-state index contributed by atoms with van der Waals surface area (Å²) >= 11 is 0. The number of hydrogen-bond acceptors (Lipinski definition) is 4. The van der Waals surface area contributed by atoms with Gasteiger partial charge in [-0.1, -0.05) is 12.1 Å². The Hall–Kier alpha value is -1.10. The molecule has 1 unspecified atom stereocenters. The van der Waals surface area contributed by atoms with Crippen LogP contribution in [-0.2, 0) is 0 Å². The molecule has 0 saturated carbocycles. The van der Waals surface area contributed by atoms with Gasteiger partial charge in [-0.25, -0.2) is 0 Å². The van der Waals surface area contributed by atoms with Crippen molar-refractivity contribution < 1.29 is 9.84 Å². The van der Waals surface area contributed by atoms with Gasteiger partial charge in [-0.3, -0.25) is 9.80 Å². The Kier molecular flexibility index (Phi) is 5.40. The van der Waals surface area contributed by atoms with Gasteiger partial charge in [0.25, 0.3) is 0 Å². The van der Waals surface area contributed by atoms with Crippen LogP contribution < -0.4 is 4.74 Å². The van der Waals surface area contributed by atoms with E-state index in [4.69, 9.17) is 4.74 Å². The molecule has 0 aliphatic carbocycles. The van der Waals surface area contributed by atoms with Gasteiger partial charge >= 0.3 is 0 Å². The fraction of sp³-hybridized carbons (Fsp3) is 0.625. The predicted octanol–water partition coefficient (Wildman–Crippen LogP) is 1.75. The zero-order valence-electron chi connectivity index (χ0n) is 12.7. The summed E-state index contributed by atoms with van der Waals surface area (Å²) in [6, 6.07) is 8.29. The average Bonchev–Trinajstić information content (AvgIpc) is 2.48. The summed E-state index contributed by atoms with van der Waals surface area (Å²) in [5.74, 6) is 0.825. The van der Waals surface area contributed by atoms with E-state index >= 15 is 0 Å². The highest BCUT2D eigenvalue weighted by Gasteiger charge is 2.21. The van der Waals surface area contributed by atoms with Gasteiger partial charge in [-0.2, -0.15) is 0 Å². The van der Waals surface area contributed by atoms with E-state index in [9.17, 15) is 5.11 Å². The van der Waals surface area contributed by atoms with E-state index in [0.717, 1.165) is 37.5 Å². The lowest BCUT2D eigenvalue weighted by Gasteiger charge is -2.37. The lowest BCUT2D eigenvalue weighted by molar-refractivity contribution is 0.0621. The van der Waals surface area contributed by atoms with Crippen molar-refractivity contribution in [1.82, 2.24) is 9.80 Å². The first-order valence-electron chi connectivity index (χ1n) is 7.38. The summed E-state index contributed by atoms with van der Waals surface area (Å²) < 4.78 is 5.14. The SMILES string of the molecule is COc1ccc(C(O)CN2CCN(C(C)C)CC2)cc1. The zero-order chi connectivity index (χ0) is 14.5. The number of hydrogen-bond donors (Lipinski definition) is 1. The molecule has 1 N–H and O–H groups in total. The molecule has 1 aliphatic rings. The molecular formula is C16H26N2O2. The lowest BCUT2D eigenvalue weighted by Crippen LogP contribution is -2.49. The Morgan fingerprint density at radius 1 is 1.10 bits per heavy atom. The Morgan fingerprint density at radius 3 is 2.20 bits per heavy atom. The number of benzene rings is 1. The first-order chi connectivity index (χ1) is 9.60. The Bertz CT molecular complexity index is 397. The van der Waals surface area contributed by atoms with Crippen LogP contribution in [0.4, 0.5) is 0 Å². The number of aliphatic hydroxyl groups is 1. The van der Waals surface area contributed by atoms with Crippen molar-refractivity contribution >= 4 is 0 Å². The smallest absolute Gasteiger partial charge is 0.118 e. The second kappa shape index (κ2) is 7.07. The van der Waals surface area contributed by atoms with E-state index in [1.807, 2.05) is 24.3 Å². The molecule has 1 aliphatic heterocycles. The molecule has 1 aromatic rings. The molecule has 0 aromatic heterocycles.